The molecule has 0 saturated carbocycles. The molecule has 2 aromatic carbocycles. The number of amides is 1. The van der Waals surface area contributed by atoms with Crippen molar-refractivity contribution >= 4 is 22.5 Å². The standard InChI is InChI=1S/C33H37N5O4/c1-3-23-8-4-9-24-10-5-12-26(31(23)24)29-20-28-27(22-42-29)32(35-33(34-28)41-2)38-18-16-37(17-19-38)30(40)13-7-15-36-14-6-11-25(39)21-36/h1,4-5,7-10,12-13,25,29,39H,6,11,14-22H2,2H3/b13-7+. The monoisotopic (exact) mass is 567 g/mol. The Kier molecular flexibility index (Phi) is 8.38. The van der Waals surface area contributed by atoms with E-state index in [2.05, 4.69) is 33.9 Å². The molecule has 2 saturated heterocycles. The number of nitrogens with zero attached hydrogens (tertiary/aromatic N) is 5. The summed E-state index contributed by atoms with van der Waals surface area (Å²) in [5.41, 5.74) is 3.79. The smallest absolute Gasteiger partial charge is 0.318 e. The van der Waals surface area contributed by atoms with Gasteiger partial charge >= 0.3 is 6.01 Å². The molecule has 2 unspecified atom stereocenters. The molecule has 3 aliphatic rings. The molecule has 0 aliphatic carbocycles. The number of likely N-dealkylation sites (tertiary alicyclic amines) is 1. The van der Waals surface area contributed by atoms with Gasteiger partial charge in [-0.3, -0.25) is 9.69 Å². The summed E-state index contributed by atoms with van der Waals surface area (Å²) < 4.78 is 12.0. The van der Waals surface area contributed by atoms with Crippen LogP contribution in [0.1, 0.15) is 41.3 Å². The molecular formula is C33H37N5O4. The predicted octanol–water partition coefficient (Wildman–Crippen LogP) is 3.10. The Balaban J connectivity index is 1.15. The molecule has 1 N–H and O–H groups in total. The highest BCUT2D eigenvalue weighted by molar-refractivity contribution is 5.91. The van der Waals surface area contributed by atoms with Crippen LogP contribution in [0.3, 0.4) is 0 Å². The van der Waals surface area contributed by atoms with E-state index in [1.54, 1.807) is 13.2 Å². The van der Waals surface area contributed by atoms with Crippen molar-refractivity contribution in [1.29, 1.82) is 0 Å². The molecule has 9 nitrogen and oxygen atoms in total. The van der Waals surface area contributed by atoms with Crippen molar-refractivity contribution in [2.24, 2.45) is 0 Å². The fourth-order valence-electron chi connectivity index (χ4n) is 6.29. The van der Waals surface area contributed by atoms with Crippen molar-refractivity contribution in [3.8, 4) is 18.4 Å². The summed E-state index contributed by atoms with van der Waals surface area (Å²) in [5.74, 6) is 3.65. The van der Waals surface area contributed by atoms with Crippen LogP contribution in [0.2, 0.25) is 0 Å². The lowest BCUT2D eigenvalue weighted by Crippen LogP contribution is -2.49. The van der Waals surface area contributed by atoms with Gasteiger partial charge in [-0.1, -0.05) is 42.3 Å². The van der Waals surface area contributed by atoms with Crippen molar-refractivity contribution in [3.63, 3.8) is 0 Å². The van der Waals surface area contributed by atoms with Gasteiger partial charge in [0.05, 0.1) is 31.6 Å². The fraction of sp³-hybridized carbons (Fsp3) is 0.424. The highest BCUT2D eigenvalue weighted by Crippen LogP contribution is 2.38. The van der Waals surface area contributed by atoms with Crippen molar-refractivity contribution in [2.45, 2.75) is 38.1 Å². The number of terminal acetylenes is 1. The molecule has 3 aliphatic heterocycles. The third-order valence-corrected chi connectivity index (χ3v) is 8.48. The van der Waals surface area contributed by atoms with Crippen molar-refractivity contribution < 1.29 is 19.4 Å². The number of ether oxygens (including phenoxy) is 2. The van der Waals surface area contributed by atoms with Gasteiger partial charge in [0.25, 0.3) is 0 Å². The normalized spacial score (nSPS) is 21.4. The number of piperazine rings is 1. The van der Waals surface area contributed by atoms with E-state index in [0.29, 0.717) is 58.3 Å². The predicted molar refractivity (Wildman–Crippen MR) is 161 cm³/mol. The van der Waals surface area contributed by atoms with E-state index in [9.17, 15) is 9.90 Å². The molecule has 4 heterocycles. The van der Waals surface area contributed by atoms with Crippen molar-refractivity contribution in [2.75, 3.05) is 57.8 Å². The molecule has 0 radical (unpaired) electrons. The Morgan fingerprint density at radius 1 is 1.17 bits per heavy atom. The zero-order valence-electron chi connectivity index (χ0n) is 24.0. The third-order valence-electron chi connectivity index (χ3n) is 8.48. The average Bonchev–Trinajstić information content (AvgIpc) is 3.03. The molecule has 2 fully saturated rings. The molecule has 9 heteroatoms. The van der Waals surface area contributed by atoms with Crippen LogP contribution in [-0.2, 0) is 22.6 Å². The van der Waals surface area contributed by atoms with Crippen LogP contribution in [0.15, 0.2) is 48.6 Å². The number of aromatic nitrogens is 2. The van der Waals surface area contributed by atoms with Crippen LogP contribution in [0.5, 0.6) is 6.01 Å². The van der Waals surface area contributed by atoms with Gasteiger partial charge in [0.1, 0.15) is 5.82 Å². The van der Waals surface area contributed by atoms with Crippen molar-refractivity contribution in [1.82, 2.24) is 19.8 Å². The molecule has 2 atom stereocenters. The van der Waals surface area contributed by atoms with Crippen LogP contribution in [0, 0.1) is 12.3 Å². The number of methoxy groups -OCH3 is 1. The maximum Gasteiger partial charge on any atom is 0.318 e. The number of β-amino-alcohol motifs (C(OH)–C–C–N with tert-alkyl or cyclic N) is 1. The summed E-state index contributed by atoms with van der Waals surface area (Å²) in [4.78, 5) is 28.6. The Hall–Kier alpha value is -3.97. The number of fused-ring (bicyclic) bond motifs is 2. The summed E-state index contributed by atoms with van der Waals surface area (Å²) in [6.07, 6.45) is 11.4. The number of aliphatic hydroxyl groups excluding tert-OH is 1. The summed E-state index contributed by atoms with van der Waals surface area (Å²) in [6, 6.07) is 12.5. The lowest BCUT2D eigenvalue weighted by atomic mass is 9.92. The van der Waals surface area contributed by atoms with E-state index >= 15 is 0 Å². The van der Waals surface area contributed by atoms with Gasteiger partial charge in [-0.15, -0.1) is 6.42 Å². The molecule has 0 spiro atoms. The van der Waals surface area contributed by atoms with Crippen LogP contribution in [-0.4, -0.2) is 89.8 Å². The van der Waals surface area contributed by atoms with Crippen LogP contribution < -0.4 is 9.64 Å². The minimum Gasteiger partial charge on any atom is -0.467 e. The summed E-state index contributed by atoms with van der Waals surface area (Å²) in [7, 11) is 1.58. The van der Waals surface area contributed by atoms with Crippen LogP contribution in [0.4, 0.5) is 5.82 Å². The summed E-state index contributed by atoms with van der Waals surface area (Å²) in [5, 5.41) is 12.0. The van der Waals surface area contributed by atoms with Gasteiger partial charge in [0.15, 0.2) is 0 Å². The minimum absolute atomic E-state index is 0.0158. The van der Waals surface area contributed by atoms with E-state index in [4.69, 9.17) is 25.9 Å². The second-order valence-electron chi connectivity index (χ2n) is 11.1. The lowest BCUT2D eigenvalue weighted by Gasteiger charge is -2.37. The highest BCUT2D eigenvalue weighted by Gasteiger charge is 2.31. The van der Waals surface area contributed by atoms with Gasteiger partial charge < -0.3 is 24.4 Å². The first kappa shape index (κ1) is 28.2. The Morgan fingerprint density at radius 2 is 1.98 bits per heavy atom. The van der Waals surface area contributed by atoms with E-state index in [1.807, 2.05) is 29.2 Å². The molecular weight excluding hydrogens is 530 g/mol. The first-order chi connectivity index (χ1) is 20.5. The Labute approximate surface area is 246 Å². The molecule has 3 aromatic rings. The van der Waals surface area contributed by atoms with E-state index < -0.39 is 0 Å². The van der Waals surface area contributed by atoms with Gasteiger partial charge in [0.2, 0.25) is 5.91 Å². The maximum atomic E-state index is 12.9. The van der Waals surface area contributed by atoms with Gasteiger partial charge in [-0.2, -0.15) is 9.97 Å². The second-order valence-corrected chi connectivity index (χ2v) is 11.1. The average molecular weight is 568 g/mol. The second kappa shape index (κ2) is 12.5. The molecule has 42 heavy (non-hydrogen) atoms. The number of aliphatic hydroxyl groups is 1. The van der Waals surface area contributed by atoms with E-state index in [0.717, 1.165) is 58.4 Å². The Bertz CT molecular complexity index is 1520. The largest absolute Gasteiger partial charge is 0.467 e. The highest BCUT2D eigenvalue weighted by atomic mass is 16.5. The zero-order valence-corrected chi connectivity index (χ0v) is 24.0. The molecule has 0 bridgehead atoms. The topological polar surface area (TPSA) is 91.3 Å². The number of anilines is 1. The SMILES string of the molecule is C#Cc1cccc2cccc(C3Cc4nc(OC)nc(N5CCN(C(=O)/C=C/CN6CCCC(O)C6)CC5)c4CO3)c12. The minimum atomic E-state index is -0.266. The first-order valence-corrected chi connectivity index (χ1v) is 14.7. The van der Waals surface area contributed by atoms with E-state index in [1.165, 1.54) is 0 Å². The molecule has 218 valence electrons. The van der Waals surface area contributed by atoms with E-state index in [-0.39, 0.29) is 18.1 Å². The van der Waals surface area contributed by atoms with Gasteiger partial charge in [-0.25, -0.2) is 0 Å². The number of hydrogen-bond acceptors (Lipinski definition) is 8. The van der Waals surface area contributed by atoms with Crippen LogP contribution in [0.25, 0.3) is 10.8 Å². The molecule has 1 aromatic heterocycles. The number of rotatable bonds is 6. The van der Waals surface area contributed by atoms with Gasteiger partial charge in [0, 0.05) is 68.3 Å². The third kappa shape index (κ3) is 5.84. The van der Waals surface area contributed by atoms with Crippen molar-refractivity contribution in [3.05, 3.63) is 70.9 Å². The quantitative estimate of drug-likeness (QED) is 0.359. The number of carbonyl (C=O) groups is 1. The zero-order chi connectivity index (χ0) is 29.1. The summed E-state index contributed by atoms with van der Waals surface area (Å²) in [6.45, 7) is 5.19. The summed E-state index contributed by atoms with van der Waals surface area (Å²) >= 11 is 0. The molecule has 1 amide bonds. The van der Waals surface area contributed by atoms with Crippen LogP contribution >= 0.6 is 0 Å². The Morgan fingerprint density at radius 3 is 2.74 bits per heavy atom. The first-order valence-electron chi connectivity index (χ1n) is 14.7. The van der Waals surface area contributed by atoms with Gasteiger partial charge in [-0.05, 0) is 36.4 Å². The molecule has 6 rings (SSSR count). The number of carbonyl (C=O) groups excluding carboxylic acids is 1. The fourth-order valence-corrected chi connectivity index (χ4v) is 6.29. The lowest BCUT2D eigenvalue weighted by molar-refractivity contribution is -0.126. The number of hydrogen-bond donors (Lipinski definition) is 1. The number of piperidine rings is 1. The number of benzene rings is 2. The maximum absolute atomic E-state index is 12.9.